The van der Waals surface area contributed by atoms with E-state index in [-0.39, 0.29) is 30.3 Å². The summed E-state index contributed by atoms with van der Waals surface area (Å²) in [6.45, 7) is 5.27. The highest BCUT2D eigenvalue weighted by molar-refractivity contribution is 5.80. The molecule has 1 heterocycles. The lowest BCUT2D eigenvalue weighted by Gasteiger charge is -2.46. The molecule has 1 amide bonds. The second kappa shape index (κ2) is 8.53. The number of halogens is 3. The van der Waals surface area contributed by atoms with Gasteiger partial charge in [0.15, 0.2) is 0 Å². The Bertz CT molecular complexity index is 709. The average molecular weight is 397 g/mol. The van der Waals surface area contributed by atoms with Crippen molar-refractivity contribution in [3.63, 3.8) is 0 Å². The van der Waals surface area contributed by atoms with E-state index >= 15 is 0 Å². The van der Waals surface area contributed by atoms with E-state index in [4.69, 9.17) is 0 Å². The van der Waals surface area contributed by atoms with Crippen LogP contribution in [0.4, 0.5) is 13.2 Å². The minimum absolute atomic E-state index is 0.0405. The fraction of sp³-hybridized carbons (Fsp3) is 0.550. The van der Waals surface area contributed by atoms with Crippen molar-refractivity contribution < 1.29 is 23.1 Å². The van der Waals surface area contributed by atoms with Gasteiger partial charge in [0, 0.05) is 24.8 Å². The molecule has 0 unspecified atom stereocenters. The quantitative estimate of drug-likeness (QED) is 0.690. The predicted octanol–water partition coefficient (Wildman–Crippen LogP) is 2.37. The molecule has 3 N–H and O–H groups in total. The van der Waals surface area contributed by atoms with Gasteiger partial charge in [0.05, 0.1) is 24.3 Å². The molecule has 154 valence electrons. The van der Waals surface area contributed by atoms with Crippen molar-refractivity contribution in [3.05, 3.63) is 42.0 Å². The third kappa shape index (κ3) is 5.26. The second-order valence-electron chi connectivity index (χ2n) is 7.59. The van der Waals surface area contributed by atoms with Crippen molar-refractivity contribution in [3.8, 4) is 0 Å². The summed E-state index contributed by atoms with van der Waals surface area (Å²) in [5.74, 6) is -0.211. The third-order valence-electron chi connectivity index (χ3n) is 5.46. The van der Waals surface area contributed by atoms with Gasteiger partial charge in [-0.05, 0) is 43.4 Å². The van der Waals surface area contributed by atoms with E-state index < -0.39 is 11.7 Å². The van der Waals surface area contributed by atoms with Gasteiger partial charge < -0.3 is 15.7 Å². The molecule has 1 saturated heterocycles. The highest BCUT2D eigenvalue weighted by Crippen LogP contribution is 2.30. The first kappa shape index (κ1) is 20.7. The zero-order valence-corrected chi connectivity index (χ0v) is 15.6. The van der Waals surface area contributed by atoms with Crippen LogP contribution in [-0.4, -0.2) is 53.7 Å². The molecular weight excluding hydrogens is 371 g/mol. The van der Waals surface area contributed by atoms with Crippen LogP contribution >= 0.6 is 0 Å². The van der Waals surface area contributed by atoms with Gasteiger partial charge in [0.1, 0.15) is 0 Å². The number of nitrogens with zero attached hydrogens (tertiary/aromatic N) is 1. The van der Waals surface area contributed by atoms with E-state index in [2.05, 4.69) is 22.1 Å². The van der Waals surface area contributed by atoms with E-state index in [1.807, 2.05) is 0 Å². The highest BCUT2D eigenvalue weighted by atomic mass is 19.4. The second-order valence-corrected chi connectivity index (χ2v) is 7.59. The van der Waals surface area contributed by atoms with Crippen LogP contribution in [0, 0.1) is 0 Å². The average Bonchev–Trinajstić information content (AvgIpc) is 2.63. The fourth-order valence-corrected chi connectivity index (χ4v) is 3.78. The maximum atomic E-state index is 12.8. The zero-order chi connectivity index (χ0) is 20.3. The van der Waals surface area contributed by atoms with Gasteiger partial charge in [-0.1, -0.05) is 18.7 Å². The lowest BCUT2D eigenvalue weighted by molar-refractivity contribution is -0.137. The van der Waals surface area contributed by atoms with E-state index in [0.717, 1.165) is 50.9 Å². The van der Waals surface area contributed by atoms with Crippen LogP contribution < -0.4 is 10.6 Å². The molecule has 0 radical (unpaired) electrons. The Balaban J connectivity index is 1.39. The molecule has 1 aliphatic heterocycles. The zero-order valence-electron chi connectivity index (χ0n) is 15.6. The minimum atomic E-state index is -4.42. The van der Waals surface area contributed by atoms with E-state index in [9.17, 15) is 23.1 Å². The third-order valence-corrected chi connectivity index (χ3v) is 5.46. The molecule has 2 aliphatic rings. The highest BCUT2D eigenvalue weighted by Gasteiger charge is 2.35. The Kier molecular flexibility index (Phi) is 6.30. The van der Waals surface area contributed by atoms with Gasteiger partial charge in [-0.3, -0.25) is 9.69 Å². The van der Waals surface area contributed by atoms with Crippen LogP contribution in [0.2, 0.25) is 0 Å². The Morgan fingerprint density at radius 3 is 2.54 bits per heavy atom. The molecule has 0 spiro atoms. The number of alkyl halides is 3. The largest absolute Gasteiger partial charge is 0.416 e. The van der Waals surface area contributed by atoms with Crippen molar-refractivity contribution in [2.75, 3.05) is 19.6 Å². The number of hydrogen-bond acceptors (Lipinski definition) is 4. The lowest BCUT2D eigenvalue weighted by atomic mass is 9.89. The fourth-order valence-electron chi connectivity index (χ4n) is 3.78. The normalized spacial score (nSPS) is 23.7. The Morgan fingerprint density at radius 1 is 1.21 bits per heavy atom. The van der Waals surface area contributed by atoms with Crippen molar-refractivity contribution >= 4 is 11.6 Å². The molecule has 2 fully saturated rings. The Hall–Kier alpha value is -2.06. The number of aliphatic hydroxyl groups excluding tert-OH is 1. The number of hydrogen-bond donors (Lipinski definition) is 3. The number of carbonyl (C=O) groups excluding carboxylic acids is 1. The molecule has 0 aromatic heterocycles. The first-order valence-corrected chi connectivity index (χ1v) is 9.54. The summed E-state index contributed by atoms with van der Waals surface area (Å²) < 4.78 is 38.4. The van der Waals surface area contributed by atoms with E-state index in [1.165, 1.54) is 12.1 Å². The predicted molar refractivity (Wildman–Crippen MR) is 100 cm³/mol. The number of carbonyl (C=O) groups is 1. The summed E-state index contributed by atoms with van der Waals surface area (Å²) in [6.07, 6.45) is -0.954. The maximum absolute atomic E-state index is 12.8. The molecule has 5 nitrogen and oxygen atoms in total. The van der Waals surface area contributed by atoms with E-state index in [1.54, 1.807) is 0 Å². The van der Waals surface area contributed by atoms with Gasteiger partial charge in [-0.15, -0.1) is 0 Å². The van der Waals surface area contributed by atoms with Gasteiger partial charge >= 0.3 is 6.18 Å². The van der Waals surface area contributed by atoms with Crippen molar-refractivity contribution in [1.29, 1.82) is 0 Å². The molecule has 1 saturated carbocycles. The summed E-state index contributed by atoms with van der Waals surface area (Å²) in [7, 11) is 0. The van der Waals surface area contributed by atoms with Gasteiger partial charge in [0.2, 0.25) is 5.91 Å². The summed E-state index contributed by atoms with van der Waals surface area (Å²) in [4.78, 5) is 14.4. The Morgan fingerprint density at radius 2 is 1.89 bits per heavy atom. The summed E-state index contributed by atoms with van der Waals surface area (Å²) >= 11 is 0. The summed E-state index contributed by atoms with van der Waals surface area (Å²) in [5.41, 5.74) is -0.170. The monoisotopic (exact) mass is 397 g/mol. The van der Waals surface area contributed by atoms with Crippen molar-refractivity contribution in [2.24, 2.45) is 0 Å². The van der Waals surface area contributed by atoms with Crippen LogP contribution in [0.15, 0.2) is 30.8 Å². The van der Waals surface area contributed by atoms with Crippen LogP contribution in [0.1, 0.15) is 36.8 Å². The number of benzene rings is 1. The number of amides is 1. The summed E-state index contributed by atoms with van der Waals surface area (Å²) in [5, 5.41) is 15.3. The molecule has 1 aliphatic carbocycles. The summed E-state index contributed by atoms with van der Waals surface area (Å²) in [6, 6.07) is 5.42. The van der Waals surface area contributed by atoms with E-state index in [0.29, 0.717) is 11.6 Å². The number of likely N-dealkylation sites (tertiary alicyclic amines) is 1. The molecule has 1 aromatic carbocycles. The van der Waals surface area contributed by atoms with Crippen LogP contribution in [0.5, 0.6) is 0 Å². The number of rotatable bonds is 6. The molecule has 1 aromatic rings. The first-order chi connectivity index (χ1) is 13.2. The standard InChI is InChI=1S/C20H26F3N3O2/c1-13(14-3-2-4-15(9-14)20(21,22)23)24-10-19(28)25-16-11-26(12-16)17-5-7-18(27)8-6-17/h2-4,9,16-18,24,27H,1,5-8,10-12H2,(H,25,28). The molecule has 3 rings (SSSR count). The number of aliphatic hydroxyl groups is 1. The Labute approximate surface area is 162 Å². The lowest BCUT2D eigenvalue weighted by Crippen LogP contribution is -2.63. The maximum Gasteiger partial charge on any atom is 0.416 e. The molecular formula is C20H26F3N3O2. The minimum Gasteiger partial charge on any atom is -0.393 e. The van der Waals surface area contributed by atoms with Crippen LogP contribution in [-0.2, 0) is 11.0 Å². The smallest absolute Gasteiger partial charge is 0.393 e. The SMILES string of the molecule is C=C(NCC(=O)NC1CN(C2CCC(O)CC2)C1)c1cccc(C(F)(F)F)c1. The van der Waals surface area contributed by atoms with Crippen LogP contribution in [0.3, 0.4) is 0 Å². The van der Waals surface area contributed by atoms with Crippen LogP contribution in [0.25, 0.3) is 5.70 Å². The van der Waals surface area contributed by atoms with Crippen molar-refractivity contribution in [2.45, 2.75) is 50.0 Å². The molecule has 8 heteroatoms. The van der Waals surface area contributed by atoms with Gasteiger partial charge in [-0.25, -0.2) is 0 Å². The number of nitrogens with one attached hydrogen (secondary N) is 2. The molecule has 0 atom stereocenters. The van der Waals surface area contributed by atoms with Gasteiger partial charge in [0.25, 0.3) is 0 Å². The topological polar surface area (TPSA) is 64.6 Å². The molecule has 0 bridgehead atoms. The van der Waals surface area contributed by atoms with Crippen molar-refractivity contribution in [1.82, 2.24) is 15.5 Å². The van der Waals surface area contributed by atoms with Gasteiger partial charge in [-0.2, -0.15) is 13.2 Å². The molecule has 28 heavy (non-hydrogen) atoms. The first-order valence-electron chi connectivity index (χ1n) is 9.54.